The number of non-ortho nitro benzene ring substituents is 1. The highest BCUT2D eigenvalue weighted by Crippen LogP contribution is 2.32. The number of hydrogen-bond acceptors (Lipinski definition) is 7. The zero-order valence-electron chi connectivity index (χ0n) is 17.6. The van der Waals surface area contributed by atoms with E-state index in [9.17, 15) is 26.9 Å². The molecular formula is C19H25N3O7S2. The number of sulfonamides is 2. The fourth-order valence-electron chi connectivity index (χ4n) is 2.77. The molecular weight excluding hydrogens is 446 g/mol. The van der Waals surface area contributed by atoms with Crippen molar-refractivity contribution in [3.8, 4) is 5.75 Å². The molecule has 0 bridgehead atoms. The lowest BCUT2D eigenvalue weighted by Crippen LogP contribution is -2.30. The number of nitrogens with one attached hydrogen (secondary N) is 1. The van der Waals surface area contributed by atoms with E-state index in [4.69, 9.17) is 4.74 Å². The van der Waals surface area contributed by atoms with Crippen molar-refractivity contribution < 1.29 is 26.5 Å². The van der Waals surface area contributed by atoms with Crippen molar-refractivity contribution in [1.82, 2.24) is 4.31 Å². The quantitative estimate of drug-likeness (QED) is 0.415. The number of nitro benzene ring substituents is 1. The van der Waals surface area contributed by atoms with E-state index >= 15 is 0 Å². The largest absolute Gasteiger partial charge is 0.489 e. The maximum Gasteiger partial charge on any atom is 0.269 e. The van der Waals surface area contributed by atoms with Crippen LogP contribution in [0.25, 0.3) is 0 Å². The normalized spacial score (nSPS) is 12.2. The third kappa shape index (κ3) is 5.71. The molecule has 2 aromatic carbocycles. The van der Waals surface area contributed by atoms with Gasteiger partial charge in [0.25, 0.3) is 15.7 Å². The molecule has 0 heterocycles. The molecule has 0 saturated carbocycles. The maximum atomic E-state index is 12.9. The van der Waals surface area contributed by atoms with Gasteiger partial charge in [-0.3, -0.25) is 14.8 Å². The van der Waals surface area contributed by atoms with Crippen LogP contribution in [0.2, 0.25) is 0 Å². The molecule has 31 heavy (non-hydrogen) atoms. The standard InChI is InChI=1S/C19H25N3O7S2/c1-5-21(6-2)31(27,28)17-11-12-19(29-14(3)4)18(13-17)20-30(25,26)16-9-7-15(8-10-16)22(23)24/h7-14,20H,5-6H2,1-4H3. The van der Waals surface area contributed by atoms with E-state index in [0.717, 1.165) is 24.3 Å². The van der Waals surface area contributed by atoms with Gasteiger partial charge in [-0.15, -0.1) is 0 Å². The van der Waals surface area contributed by atoms with E-state index in [2.05, 4.69) is 4.72 Å². The number of nitro groups is 1. The molecule has 0 spiro atoms. The molecule has 0 fully saturated rings. The van der Waals surface area contributed by atoms with Gasteiger partial charge >= 0.3 is 0 Å². The van der Waals surface area contributed by atoms with Crippen LogP contribution in [-0.2, 0) is 20.0 Å². The number of nitrogens with zero attached hydrogens (tertiary/aromatic N) is 2. The molecule has 2 aromatic rings. The Balaban J connectivity index is 2.52. The van der Waals surface area contributed by atoms with Gasteiger partial charge in [-0.05, 0) is 44.2 Å². The Morgan fingerprint density at radius 1 is 1.00 bits per heavy atom. The van der Waals surface area contributed by atoms with Crippen LogP contribution in [0.1, 0.15) is 27.7 Å². The second kappa shape index (κ2) is 9.62. The summed E-state index contributed by atoms with van der Waals surface area (Å²) in [5.74, 6) is 0.152. The van der Waals surface area contributed by atoms with Gasteiger partial charge in [0.15, 0.2) is 0 Å². The number of hydrogen-bond donors (Lipinski definition) is 1. The minimum absolute atomic E-state index is 0.0553. The summed E-state index contributed by atoms with van der Waals surface area (Å²) in [4.78, 5) is 9.85. The van der Waals surface area contributed by atoms with E-state index in [1.54, 1.807) is 27.7 Å². The van der Waals surface area contributed by atoms with Crippen molar-refractivity contribution >= 4 is 31.4 Å². The molecule has 12 heteroatoms. The van der Waals surface area contributed by atoms with Gasteiger partial charge in [-0.25, -0.2) is 16.8 Å². The first kappa shape index (κ1) is 24.6. The first-order valence-corrected chi connectivity index (χ1v) is 12.4. The van der Waals surface area contributed by atoms with Crippen LogP contribution in [0.3, 0.4) is 0 Å². The molecule has 1 N–H and O–H groups in total. The molecule has 0 atom stereocenters. The van der Waals surface area contributed by atoms with E-state index in [-0.39, 0.29) is 46.1 Å². The van der Waals surface area contributed by atoms with Gasteiger partial charge in [-0.1, -0.05) is 13.8 Å². The van der Waals surface area contributed by atoms with Gasteiger partial charge in [0.05, 0.1) is 26.5 Å². The zero-order valence-corrected chi connectivity index (χ0v) is 19.2. The summed E-state index contributed by atoms with van der Waals surface area (Å²) >= 11 is 0. The van der Waals surface area contributed by atoms with E-state index in [1.165, 1.54) is 22.5 Å². The predicted molar refractivity (Wildman–Crippen MR) is 116 cm³/mol. The van der Waals surface area contributed by atoms with E-state index < -0.39 is 25.0 Å². The lowest BCUT2D eigenvalue weighted by atomic mass is 10.3. The average Bonchev–Trinajstić information content (AvgIpc) is 2.69. The average molecular weight is 472 g/mol. The summed E-state index contributed by atoms with van der Waals surface area (Å²) in [6.45, 7) is 7.41. The first-order chi connectivity index (χ1) is 14.4. The smallest absolute Gasteiger partial charge is 0.269 e. The lowest BCUT2D eigenvalue weighted by molar-refractivity contribution is -0.384. The van der Waals surface area contributed by atoms with Crippen molar-refractivity contribution in [3.05, 3.63) is 52.6 Å². The third-order valence-corrected chi connectivity index (χ3v) is 7.69. The van der Waals surface area contributed by atoms with E-state index in [0.29, 0.717) is 0 Å². The van der Waals surface area contributed by atoms with Crippen LogP contribution in [0.5, 0.6) is 5.75 Å². The molecule has 0 aliphatic rings. The number of anilines is 1. The summed E-state index contributed by atoms with van der Waals surface area (Å²) in [6, 6.07) is 8.29. The molecule has 0 saturated heterocycles. The van der Waals surface area contributed by atoms with Crippen LogP contribution in [0.15, 0.2) is 52.3 Å². The second-order valence-corrected chi connectivity index (χ2v) is 10.4. The molecule has 10 nitrogen and oxygen atoms in total. The summed E-state index contributed by atoms with van der Waals surface area (Å²) < 4.78 is 60.6. The number of rotatable bonds is 10. The molecule has 170 valence electrons. The van der Waals surface area contributed by atoms with Gasteiger partial charge in [0.2, 0.25) is 10.0 Å². The van der Waals surface area contributed by atoms with Crippen LogP contribution >= 0.6 is 0 Å². The Labute approximate surface area is 182 Å². The van der Waals surface area contributed by atoms with Crippen molar-refractivity contribution in [2.24, 2.45) is 0 Å². The SMILES string of the molecule is CCN(CC)S(=O)(=O)c1ccc(OC(C)C)c(NS(=O)(=O)c2ccc([N+](=O)[O-])cc2)c1. The van der Waals surface area contributed by atoms with E-state index in [1.807, 2.05) is 0 Å². The Kier molecular flexibility index (Phi) is 7.63. The monoisotopic (exact) mass is 471 g/mol. The van der Waals surface area contributed by atoms with Crippen LogP contribution in [0.4, 0.5) is 11.4 Å². The highest BCUT2D eigenvalue weighted by atomic mass is 32.2. The first-order valence-electron chi connectivity index (χ1n) is 9.50. The Morgan fingerprint density at radius 2 is 1.55 bits per heavy atom. The summed E-state index contributed by atoms with van der Waals surface area (Å²) in [5.41, 5.74) is -0.310. The summed E-state index contributed by atoms with van der Waals surface area (Å²) in [6.07, 6.45) is -0.298. The number of ether oxygens (including phenoxy) is 1. The van der Waals surface area contributed by atoms with Gasteiger partial charge in [0, 0.05) is 25.2 Å². The number of benzene rings is 2. The molecule has 0 aromatic heterocycles. The summed E-state index contributed by atoms with van der Waals surface area (Å²) in [5, 5.41) is 10.8. The predicted octanol–water partition coefficient (Wildman–Crippen LogP) is 3.21. The van der Waals surface area contributed by atoms with Crippen molar-refractivity contribution in [2.45, 2.75) is 43.6 Å². The van der Waals surface area contributed by atoms with Gasteiger partial charge in [0.1, 0.15) is 5.75 Å². The molecule has 0 aliphatic carbocycles. The van der Waals surface area contributed by atoms with Gasteiger partial charge in [-0.2, -0.15) is 4.31 Å². The van der Waals surface area contributed by atoms with Crippen molar-refractivity contribution in [2.75, 3.05) is 17.8 Å². The van der Waals surface area contributed by atoms with Crippen molar-refractivity contribution in [1.29, 1.82) is 0 Å². The Bertz CT molecular complexity index is 1140. The Morgan fingerprint density at radius 3 is 2.03 bits per heavy atom. The Hall–Kier alpha value is -2.70. The lowest BCUT2D eigenvalue weighted by Gasteiger charge is -2.21. The maximum absolute atomic E-state index is 12.9. The van der Waals surface area contributed by atoms with Crippen LogP contribution < -0.4 is 9.46 Å². The molecule has 0 radical (unpaired) electrons. The molecule has 0 amide bonds. The van der Waals surface area contributed by atoms with Crippen molar-refractivity contribution in [3.63, 3.8) is 0 Å². The minimum atomic E-state index is -4.17. The fourth-order valence-corrected chi connectivity index (χ4v) is 5.32. The molecule has 2 rings (SSSR count). The third-order valence-electron chi connectivity index (χ3n) is 4.26. The summed E-state index contributed by atoms with van der Waals surface area (Å²) in [7, 11) is -8.01. The minimum Gasteiger partial charge on any atom is -0.489 e. The molecule has 0 unspecified atom stereocenters. The zero-order chi connectivity index (χ0) is 23.4. The van der Waals surface area contributed by atoms with Crippen LogP contribution in [-0.4, -0.2) is 45.3 Å². The topological polar surface area (TPSA) is 136 Å². The highest BCUT2D eigenvalue weighted by molar-refractivity contribution is 7.92. The van der Waals surface area contributed by atoms with Gasteiger partial charge < -0.3 is 4.74 Å². The molecule has 0 aliphatic heterocycles. The second-order valence-electron chi connectivity index (χ2n) is 6.77. The highest BCUT2D eigenvalue weighted by Gasteiger charge is 2.25. The van der Waals surface area contributed by atoms with Crippen LogP contribution in [0, 0.1) is 10.1 Å². The fraction of sp³-hybridized carbons (Fsp3) is 0.368.